The number of hydrogen-bond donors (Lipinski definition) is 0. The Kier molecular flexibility index (Phi) is 5.97. The first-order valence-electron chi connectivity index (χ1n) is 11.7. The Morgan fingerprint density at radius 3 is 1.61 bits per heavy atom. The van der Waals surface area contributed by atoms with Crippen molar-refractivity contribution < 1.29 is 28.5 Å². The fourth-order valence-corrected chi connectivity index (χ4v) is 5.49. The largest absolute Gasteiger partial charge is 0.463 e. The number of epoxide rings is 2. The second-order valence-electron chi connectivity index (χ2n) is 9.45. The zero-order chi connectivity index (χ0) is 23.0. The summed E-state index contributed by atoms with van der Waals surface area (Å²) < 4.78 is 21.3. The predicted molar refractivity (Wildman–Crippen MR) is 122 cm³/mol. The first-order valence-corrected chi connectivity index (χ1v) is 11.7. The van der Waals surface area contributed by atoms with Crippen LogP contribution < -0.4 is 0 Å². The third kappa shape index (κ3) is 4.30. The lowest BCUT2D eigenvalue weighted by molar-refractivity contribution is -0.146. The molecule has 2 aromatic rings. The van der Waals surface area contributed by atoms with Gasteiger partial charge in [-0.05, 0) is 34.1 Å². The molecular weight excluding hydrogens is 420 g/mol. The molecule has 2 aromatic carbocycles. The van der Waals surface area contributed by atoms with Crippen molar-refractivity contribution in [1.29, 1.82) is 0 Å². The molecule has 0 aromatic heterocycles. The number of hydrogen-bond acceptors (Lipinski definition) is 6. The minimum absolute atomic E-state index is 0.0373. The summed E-state index contributed by atoms with van der Waals surface area (Å²) in [6.45, 7) is 6.09. The van der Waals surface area contributed by atoms with E-state index in [-0.39, 0.29) is 48.8 Å². The number of rotatable bonds is 10. The van der Waals surface area contributed by atoms with Gasteiger partial charge in [0.25, 0.3) is 0 Å². The number of ether oxygens (including phenoxy) is 4. The molecule has 2 heterocycles. The van der Waals surface area contributed by atoms with Gasteiger partial charge in [-0.25, -0.2) is 0 Å². The lowest BCUT2D eigenvalue weighted by Gasteiger charge is -2.42. The van der Waals surface area contributed by atoms with Crippen LogP contribution in [-0.2, 0) is 34.0 Å². The smallest absolute Gasteiger partial charge is 0.306 e. The van der Waals surface area contributed by atoms with Crippen LogP contribution in [0.3, 0.4) is 0 Å². The number of benzene rings is 2. The van der Waals surface area contributed by atoms with Crippen molar-refractivity contribution in [3.63, 3.8) is 0 Å². The van der Waals surface area contributed by atoms with Gasteiger partial charge in [-0.1, -0.05) is 62.4 Å². The Bertz CT molecular complexity index is 955. The predicted octanol–water partition coefficient (Wildman–Crippen LogP) is 3.89. The van der Waals surface area contributed by atoms with E-state index in [9.17, 15) is 9.59 Å². The van der Waals surface area contributed by atoms with Crippen LogP contribution in [0.2, 0.25) is 0 Å². The van der Waals surface area contributed by atoms with E-state index in [2.05, 4.69) is 38.1 Å². The van der Waals surface area contributed by atoms with Crippen LogP contribution in [0.1, 0.15) is 37.8 Å². The molecule has 4 atom stereocenters. The zero-order valence-corrected chi connectivity index (χ0v) is 19.1. The second-order valence-corrected chi connectivity index (χ2v) is 9.45. The molecule has 3 aliphatic rings. The van der Waals surface area contributed by atoms with Crippen LogP contribution >= 0.6 is 0 Å². The van der Waals surface area contributed by atoms with Gasteiger partial charge in [0.2, 0.25) is 0 Å². The molecule has 2 saturated heterocycles. The lowest BCUT2D eigenvalue weighted by Crippen LogP contribution is -2.42. The quantitative estimate of drug-likeness (QED) is 0.404. The molecular formula is C27H30O6. The lowest BCUT2D eigenvalue weighted by atomic mass is 9.60. The van der Waals surface area contributed by atoms with Gasteiger partial charge in [0.05, 0.1) is 13.2 Å². The van der Waals surface area contributed by atoms with E-state index in [4.69, 9.17) is 18.9 Å². The second kappa shape index (κ2) is 8.92. The van der Waals surface area contributed by atoms with Gasteiger partial charge in [0.1, 0.15) is 25.4 Å². The maximum Gasteiger partial charge on any atom is 0.306 e. The first-order chi connectivity index (χ1) is 16.0. The average Bonchev–Trinajstić information content (AvgIpc) is 3.73. The van der Waals surface area contributed by atoms with Crippen LogP contribution in [-0.4, -0.2) is 50.6 Å². The maximum absolute atomic E-state index is 12.8. The highest BCUT2D eigenvalue weighted by Gasteiger charge is 2.51. The molecule has 0 spiro atoms. The molecule has 6 nitrogen and oxygen atoms in total. The molecule has 0 N–H and O–H groups in total. The Hall–Kier alpha value is -2.70. The molecule has 33 heavy (non-hydrogen) atoms. The van der Waals surface area contributed by atoms with E-state index in [1.807, 2.05) is 24.3 Å². The number of carbonyl (C=O) groups excluding carboxylic acids is 2. The van der Waals surface area contributed by atoms with Crippen LogP contribution in [0.25, 0.3) is 11.1 Å². The summed E-state index contributed by atoms with van der Waals surface area (Å²) in [5.41, 5.74) is 4.11. The normalized spacial score (nSPS) is 23.1. The molecule has 0 bridgehead atoms. The molecule has 1 aliphatic carbocycles. The van der Waals surface area contributed by atoms with Crippen molar-refractivity contribution >= 4 is 11.9 Å². The first kappa shape index (κ1) is 22.1. The number of esters is 2. The Labute approximate surface area is 194 Å². The van der Waals surface area contributed by atoms with Gasteiger partial charge in [0, 0.05) is 18.3 Å². The highest BCUT2D eigenvalue weighted by Crippen LogP contribution is 2.57. The zero-order valence-electron chi connectivity index (χ0n) is 19.1. The summed E-state index contributed by atoms with van der Waals surface area (Å²) in [7, 11) is 0. The van der Waals surface area contributed by atoms with Crippen molar-refractivity contribution in [1.82, 2.24) is 0 Å². The van der Waals surface area contributed by atoms with Crippen molar-refractivity contribution in [2.75, 3.05) is 26.4 Å². The number of fused-ring (bicyclic) bond motifs is 3. The SMILES string of the molecule is CC(CC(=O)OCC1CO1)C1(C(C)CC(=O)OCC2CO2)c2ccccc2-c2ccccc21. The average molecular weight is 451 g/mol. The minimum atomic E-state index is -0.516. The van der Waals surface area contributed by atoms with Gasteiger partial charge in [-0.2, -0.15) is 0 Å². The van der Waals surface area contributed by atoms with Gasteiger partial charge in [-0.3, -0.25) is 9.59 Å². The van der Waals surface area contributed by atoms with E-state index in [1.54, 1.807) is 0 Å². The fraction of sp³-hybridized carbons (Fsp3) is 0.481. The molecule has 2 fully saturated rings. The molecule has 2 aliphatic heterocycles. The molecule has 6 heteroatoms. The van der Waals surface area contributed by atoms with Gasteiger partial charge in [0.15, 0.2) is 0 Å². The summed E-state index contributed by atoms with van der Waals surface area (Å²) in [5.74, 6) is -0.659. The fourth-order valence-electron chi connectivity index (χ4n) is 5.49. The topological polar surface area (TPSA) is 77.7 Å². The molecule has 5 rings (SSSR count). The Balaban J connectivity index is 1.47. The van der Waals surface area contributed by atoms with Gasteiger partial charge < -0.3 is 18.9 Å². The summed E-state index contributed by atoms with van der Waals surface area (Å²) in [5, 5.41) is 0. The van der Waals surface area contributed by atoms with Crippen LogP contribution in [0.15, 0.2) is 48.5 Å². The molecule has 0 saturated carbocycles. The van der Waals surface area contributed by atoms with Crippen molar-refractivity contribution in [2.24, 2.45) is 11.8 Å². The van der Waals surface area contributed by atoms with Crippen LogP contribution in [0.4, 0.5) is 0 Å². The third-order valence-corrected chi connectivity index (χ3v) is 7.20. The maximum atomic E-state index is 12.8. The Morgan fingerprint density at radius 1 is 0.818 bits per heavy atom. The number of carbonyl (C=O) groups is 2. The van der Waals surface area contributed by atoms with Crippen LogP contribution in [0.5, 0.6) is 0 Å². The standard InChI is InChI=1S/C27H30O6/c1-17(11-25(28)32-15-19-13-30-19)27(18(2)12-26(29)33-16-20-14-31-20)23-9-5-3-7-21(23)22-8-4-6-10-24(22)27/h3-10,17-20H,11-16H2,1-2H3. The summed E-state index contributed by atoms with van der Waals surface area (Å²) in [4.78, 5) is 25.5. The van der Waals surface area contributed by atoms with Crippen LogP contribution in [0, 0.1) is 11.8 Å². The minimum Gasteiger partial charge on any atom is -0.463 e. The van der Waals surface area contributed by atoms with E-state index >= 15 is 0 Å². The summed E-state index contributed by atoms with van der Waals surface area (Å²) >= 11 is 0. The van der Waals surface area contributed by atoms with Crippen molar-refractivity contribution in [3.8, 4) is 11.1 Å². The summed E-state index contributed by atoms with van der Waals surface area (Å²) in [6.07, 6.45) is 0.584. The highest BCUT2D eigenvalue weighted by atomic mass is 16.6. The molecule has 0 amide bonds. The van der Waals surface area contributed by atoms with E-state index in [0.29, 0.717) is 26.4 Å². The molecule has 0 radical (unpaired) electrons. The Morgan fingerprint density at radius 2 is 1.21 bits per heavy atom. The van der Waals surface area contributed by atoms with E-state index in [0.717, 1.165) is 22.3 Å². The van der Waals surface area contributed by atoms with Gasteiger partial charge in [-0.15, -0.1) is 0 Å². The summed E-state index contributed by atoms with van der Waals surface area (Å²) in [6, 6.07) is 16.7. The third-order valence-electron chi connectivity index (χ3n) is 7.20. The monoisotopic (exact) mass is 450 g/mol. The van der Waals surface area contributed by atoms with E-state index in [1.165, 1.54) is 0 Å². The molecule has 4 unspecified atom stereocenters. The van der Waals surface area contributed by atoms with Crippen molar-refractivity contribution in [3.05, 3.63) is 59.7 Å². The van der Waals surface area contributed by atoms with Gasteiger partial charge >= 0.3 is 11.9 Å². The molecule has 174 valence electrons. The highest BCUT2D eigenvalue weighted by molar-refractivity contribution is 5.83. The van der Waals surface area contributed by atoms with Crippen molar-refractivity contribution in [2.45, 2.75) is 44.3 Å². The van der Waals surface area contributed by atoms with E-state index < -0.39 is 5.41 Å².